The lowest BCUT2D eigenvalue weighted by Crippen LogP contribution is -2.28. The normalized spacial score (nSPS) is 12.4. The van der Waals surface area contributed by atoms with Crippen molar-refractivity contribution in [3.63, 3.8) is 0 Å². The third-order valence-electron chi connectivity index (χ3n) is 4.35. The quantitative estimate of drug-likeness (QED) is 0.502. The number of anilines is 1. The Bertz CT molecular complexity index is 1160. The van der Waals surface area contributed by atoms with Gasteiger partial charge in [0.2, 0.25) is 0 Å². The van der Waals surface area contributed by atoms with Gasteiger partial charge in [-0.25, -0.2) is 4.98 Å². The first kappa shape index (κ1) is 20.3. The van der Waals surface area contributed by atoms with Crippen molar-refractivity contribution in [2.75, 3.05) is 11.9 Å². The zero-order valence-electron chi connectivity index (χ0n) is 15.2. The first-order valence-electron chi connectivity index (χ1n) is 8.60. The van der Waals surface area contributed by atoms with Crippen LogP contribution in [-0.4, -0.2) is 28.4 Å². The molecule has 0 bridgehead atoms. The number of benzene rings is 2. The van der Waals surface area contributed by atoms with Crippen molar-refractivity contribution in [1.82, 2.24) is 15.3 Å². The Morgan fingerprint density at radius 3 is 2.76 bits per heavy atom. The minimum Gasteiger partial charge on any atom is -0.482 e. The van der Waals surface area contributed by atoms with E-state index in [2.05, 4.69) is 20.6 Å². The molecule has 0 aliphatic carbocycles. The summed E-state index contributed by atoms with van der Waals surface area (Å²) in [6.45, 7) is 0.483. The van der Waals surface area contributed by atoms with E-state index in [-0.39, 0.29) is 37.3 Å². The molecule has 0 saturated heterocycles. The summed E-state index contributed by atoms with van der Waals surface area (Å²) in [4.78, 5) is 42.8. The number of hydrogen-bond acceptors (Lipinski definition) is 6. The summed E-state index contributed by atoms with van der Waals surface area (Å²) in [5, 5.41) is 5.79. The molecule has 5 N–H and O–H groups in total. The highest BCUT2D eigenvalue weighted by atomic mass is 35.5. The van der Waals surface area contributed by atoms with Crippen LogP contribution in [0.4, 0.5) is 5.69 Å². The SMILES string of the molecule is Cl.NCc1ccc2nc(C(=O)NCc3ccc4c(c3)NC(=O)CO4)[nH]c(=O)c2c1. The lowest BCUT2D eigenvalue weighted by Gasteiger charge is -2.18. The molecule has 10 heteroatoms. The zero-order valence-corrected chi connectivity index (χ0v) is 16.0. The molecule has 0 fully saturated rings. The number of nitrogens with two attached hydrogens (primary N) is 1. The fourth-order valence-corrected chi connectivity index (χ4v) is 2.93. The Balaban J connectivity index is 0.00000240. The number of aromatic amines is 1. The van der Waals surface area contributed by atoms with Gasteiger partial charge in [0, 0.05) is 13.1 Å². The molecule has 3 aromatic rings. The second-order valence-electron chi connectivity index (χ2n) is 6.32. The van der Waals surface area contributed by atoms with Crippen LogP contribution in [0.5, 0.6) is 5.75 Å². The van der Waals surface area contributed by atoms with Gasteiger partial charge in [-0.1, -0.05) is 12.1 Å². The van der Waals surface area contributed by atoms with Crippen molar-refractivity contribution in [3.05, 3.63) is 63.7 Å². The van der Waals surface area contributed by atoms with E-state index in [1.54, 1.807) is 36.4 Å². The molecule has 0 atom stereocenters. The molecule has 0 saturated carbocycles. The summed E-state index contributed by atoms with van der Waals surface area (Å²) < 4.78 is 5.30. The number of H-pyrrole nitrogens is 1. The van der Waals surface area contributed by atoms with Crippen molar-refractivity contribution in [3.8, 4) is 5.75 Å². The van der Waals surface area contributed by atoms with Gasteiger partial charge in [-0.15, -0.1) is 12.4 Å². The number of fused-ring (bicyclic) bond motifs is 2. The lowest BCUT2D eigenvalue weighted by atomic mass is 10.1. The Labute approximate surface area is 171 Å². The van der Waals surface area contributed by atoms with Gasteiger partial charge in [0.25, 0.3) is 17.4 Å². The maximum absolute atomic E-state index is 12.4. The van der Waals surface area contributed by atoms with Crippen molar-refractivity contribution in [1.29, 1.82) is 0 Å². The minimum absolute atomic E-state index is 0. The highest BCUT2D eigenvalue weighted by molar-refractivity contribution is 5.95. The fraction of sp³-hybridized carbons (Fsp3) is 0.158. The first-order valence-corrected chi connectivity index (χ1v) is 8.60. The number of rotatable bonds is 4. The van der Waals surface area contributed by atoms with Gasteiger partial charge >= 0.3 is 0 Å². The number of aromatic nitrogens is 2. The van der Waals surface area contributed by atoms with Gasteiger partial charge in [-0.2, -0.15) is 0 Å². The lowest BCUT2D eigenvalue weighted by molar-refractivity contribution is -0.118. The number of nitrogens with one attached hydrogen (secondary N) is 3. The van der Waals surface area contributed by atoms with Crippen LogP contribution in [-0.2, 0) is 17.9 Å². The fourth-order valence-electron chi connectivity index (χ4n) is 2.93. The molecular weight excluding hydrogens is 398 g/mol. The molecule has 1 aliphatic rings. The molecule has 2 heterocycles. The molecule has 29 heavy (non-hydrogen) atoms. The molecule has 0 unspecified atom stereocenters. The van der Waals surface area contributed by atoms with Gasteiger partial charge in [0.15, 0.2) is 12.4 Å². The molecule has 1 aromatic heterocycles. The average molecular weight is 416 g/mol. The minimum atomic E-state index is -0.514. The summed E-state index contributed by atoms with van der Waals surface area (Å²) in [5.41, 5.74) is 7.71. The molecular formula is C19H18ClN5O4. The van der Waals surface area contributed by atoms with E-state index < -0.39 is 11.5 Å². The van der Waals surface area contributed by atoms with Crippen LogP contribution in [0.25, 0.3) is 10.9 Å². The van der Waals surface area contributed by atoms with E-state index in [4.69, 9.17) is 10.5 Å². The highest BCUT2D eigenvalue weighted by Gasteiger charge is 2.16. The number of amides is 2. The molecule has 2 amide bonds. The standard InChI is InChI=1S/C19H17N5O4.ClH/c20-7-10-1-3-13-12(5-10)18(26)24-17(23-13)19(27)21-8-11-2-4-15-14(6-11)22-16(25)9-28-15;/h1-6H,7-9,20H2,(H,21,27)(H,22,25)(H,23,24,26);1H. The van der Waals surface area contributed by atoms with E-state index >= 15 is 0 Å². The van der Waals surface area contributed by atoms with Crippen LogP contribution in [0, 0.1) is 0 Å². The molecule has 1 aliphatic heterocycles. The number of halogens is 1. The number of nitrogens with zero attached hydrogens (tertiary/aromatic N) is 1. The van der Waals surface area contributed by atoms with Crippen LogP contribution in [0.3, 0.4) is 0 Å². The van der Waals surface area contributed by atoms with Gasteiger partial charge in [0.05, 0.1) is 16.6 Å². The predicted octanol–water partition coefficient (Wildman–Crippen LogP) is 1.06. The maximum Gasteiger partial charge on any atom is 0.287 e. The van der Waals surface area contributed by atoms with Gasteiger partial charge in [-0.3, -0.25) is 14.4 Å². The largest absolute Gasteiger partial charge is 0.482 e. The third kappa shape index (κ3) is 4.20. The molecule has 4 rings (SSSR count). The Kier molecular flexibility index (Phi) is 5.81. The van der Waals surface area contributed by atoms with Crippen LogP contribution in [0.1, 0.15) is 21.7 Å². The van der Waals surface area contributed by atoms with Crippen LogP contribution in [0.15, 0.2) is 41.2 Å². The third-order valence-corrected chi connectivity index (χ3v) is 4.35. The summed E-state index contributed by atoms with van der Waals surface area (Å²) >= 11 is 0. The second-order valence-corrected chi connectivity index (χ2v) is 6.32. The maximum atomic E-state index is 12.4. The smallest absolute Gasteiger partial charge is 0.287 e. The van der Waals surface area contributed by atoms with Crippen molar-refractivity contribution in [2.24, 2.45) is 5.73 Å². The topological polar surface area (TPSA) is 139 Å². The molecule has 0 radical (unpaired) electrons. The molecule has 150 valence electrons. The van der Waals surface area contributed by atoms with E-state index in [1.165, 1.54) is 0 Å². The second kappa shape index (κ2) is 8.29. The van der Waals surface area contributed by atoms with Gasteiger partial charge in [-0.05, 0) is 35.4 Å². The highest BCUT2D eigenvalue weighted by Crippen LogP contribution is 2.28. The Hall–Kier alpha value is -3.43. The number of carbonyl (C=O) groups is 2. The first-order chi connectivity index (χ1) is 13.5. The van der Waals surface area contributed by atoms with Crippen LogP contribution in [0.2, 0.25) is 0 Å². The van der Waals surface area contributed by atoms with Crippen molar-refractivity contribution >= 4 is 40.8 Å². The van der Waals surface area contributed by atoms with E-state index in [0.717, 1.165) is 11.1 Å². The number of ether oxygens (including phenoxy) is 1. The summed E-state index contributed by atoms with van der Waals surface area (Å²) in [5.74, 6) is -0.246. The zero-order chi connectivity index (χ0) is 19.7. The summed E-state index contributed by atoms with van der Waals surface area (Å²) in [7, 11) is 0. The summed E-state index contributed by atoms with van der Waals surface area (Å²) in [6.07, 6.45) is 0. The molecule has 9 nitrogen and oxygen atoms in total. The van der Waals surface area contributed by atoms with E-state index in [1.807, 2.05) is 0 Å². The molecule has 2 aromatic carbocycles. The Morgan fingerprint density at radius 2 is 1.97 bits per heavy atom. The van der Waals surface area contributed by atoms with Crippen molar-refractivity contribution in [2.45, 2.75) is 13.1 Å². The number of hydrogen-bond donors (Lipinski definition) is 4. The van der Waals surface area contributed by atoms with Crippen LogP contribution < -0.4 is 26.7 Å². The van der Waals surface area contributed by atoms with E-state index in [0.29, 0.717) is 28.9 Å². The number of carbonyl (C=O) groups excluding carboxylic acids is 2. The monoisotopic (exact) mass is 415 g/mol. The summed E-state index contributed by atoms with van der Waals surface area (Å²) in [6, 6.07) is 10.3. The van der Waals surface area contributed by atoms with Crippen LogP contribution >= 0.6 is 12.4 Å². The predicted molar refractivity (Wildman–Crippen MR) is 109 cm³/mol. The molecule has 0 spiro atoms. The average Bonchev–Trinajstić information content (AvgIpc) is 2.71. The van der Waals surface area contributed by atoms with E-state index in [9.17, 15) is 14.4 Å². The van der Waals surface area contributed by atoms with Gasteiger partial charge < -0.3 is 26.1 Å². The van der Waals surface area contributed by atoms with Gasteiger partial charge in [0.1, 0.15) is 5.75 Å². The van der Waals surface area contributed by atoms with Crippen molar-refractivity contribution < 1.29 is 14.3 Å². The Morgan fingerprint density at radius 1 is 1.17 bits per heavy atom.